The second-order valence-corrected chi connectivity index (χ2v) is 8.40. The molecule has 5 nitrogen and oxygen atoms in total. The molecule has 25 heavy (non-hydrogen) atoms. The Hall–Kier alpha value is -2.34. The molecule has 6 heteroatoms. The highest BCUT2D eigenvalue weighted by Crippen LogP contribution is 2.32. The standard InChI is InChI=1S/C19H22N2O3S/c1-14(15-6-4-3-5-7-15)12-19(22)20-17-8-9-18-16(13-17)10-11-21(18)25(2,23)24/h3-9,13-14H,10-12H2,1-2H3,(H,20,22). The van der Waals surface area contributed by atoms with Gasteiger partial charge in [-0.15, -0.1) is 0 Å². The fraction of sp³-hybridized carbons (Fsp3) is 0.316. The highest BCUT2D eigenvalue weighted by atomic mass is 32.2. The van der Waals surface area contributed by atoms with Crippen LogP contribution in [0.2, 0.25) is 0 Å². The molecule has 2 aromatic carbocycles. The quantitative estimate of drug-likeness (QED) is 0.893. The average Bonchev–Trinajstić information content (AvgIpc) is 2.99. The number of carbonyl (C=O) groups is 1. The highest BCUT2D eigenvalue weighted by molar-refractivity contribution is 7.92. The van der Waals surface area contributed by atoms with E-state index >= 15 is 0 Å². The SMILES string of the molecule is CC(CC(=O)Nc1ccc2c(c1)CCN2S(C)(=O)=O)c1ccccc1. The number of carbonyl (C=O) groups excluding carboxylic acids is 1. The van der Waals surface area contributed by atoms with Gasteiger partial charge in [-0.25, -0.2) is 8.42 Å². The fourth-order valence-electron chi connectivity index (χ4n) is 3.18. The normalized spacial score (nSPS) is 14.9. The predicted octanol–water partition coefficient (Wildman–Crippen LogP) is 3.14. The number of anilines is 2. The monoisotopic (exact) mass is 358 g/mol. The van der Waals surface area contributed by atoms with Crippen molar-refractivity contribution < 1.29 is 13.2 Å². The first-order valence-electron chi connectivity index (χ1n) is 8.30. The zero-order valence-corrected chi connectivity index (χ0v) is 15.2. The summed E-state index contributed by atoms with van der Waals surface area (Å²) in [5, 5.41) is 2.92. The van der Waals surface area contributed by atoms with Crippen LogP contribution in [0.5, 0.6) is 0 Å². The van der Waals surface area contributed by atoms with Crippen molar-refractivity contribution in [2.75, 3.05) is 22.4 Å². The van der Waals surface area contributed by atoms with Crippen molar-refractivity contribution in [3.8, 4) is 0 Å². The first kappa shape index (κ1) is 17.5. The summed E-state index contributed by atoms with van der Waals surface area (Å²) in [7, 11) is -3.25. The summed E-state index contributed by atoms with van der Waals surface area (Å²) in [5.41, 5.74) is 3.49. The van der Waals surface area contributed by atoms with Gasteiger partial charge in [0, 0.05) is 18.7 Å². The van der Waals surface area contributed by atoms with Gasteiger partial charge in [0.05, 0.1) is 11.9 Å². The summed E-state index contributed by atoms with van der Waals surface area (Å²) in [6.45, 7) is 2.48. The third-order valence-electron chi connectivity index (χ3n) is 4.48. The number of hydrogen-bond acceptors (Lipinski definition) is 3. The van der Waals surface area contributed by atoms with Crippen LogP contribution in [0.15, 0.2) is 48.5 Å². The Labute approximate surface area is 148 Å². The Morgan fingerprint density at radius 1 is 1.20 bits per heavy atom. The summed E-state index contributed by atoms with van der Waals surface area (Å²) in [6, 6.07) is 15.3. The minimum atomic E-state index is -3.25. The van der Waals surface area contributed by atoms with Gasteiger partial charge in [-0.1, -0.05) is 37.3 Å². The lowest BCUT2D eigenvalue weighted by Gasteiger charge is -2.17. The van der Waals surface area contributed by atoms with Crippen molar-refractivity contribution in [2.24, 2.45) is 0 Å². The number of nitrogens with zero attached hydrogens (tertiary/aromatic N) is 1. The van der Waals surface area contributed by atoms with E-state index in [0.717, 1.165) is 11.1 Å². The second kappa shape index (κ2) is 6.88. The van der Waals surface area contributed by atoms with Crippen molar-refractivity contribution in [1.82, 2.24) is 0 Å². The van der Waals surface area contributed by atoms with Crippen LogP contribution in [-0.2, 0) is 21.2 Å². The average molecular weight is 358 g/mol. The van der Waals surface area contributed by atoms with E-state index in [2.05, 4.69) is 5.32 Å². The Kier molecular flexibility index (Phi) is 4.81. The van der Waals surface area contributed by atoms with E-state index in [9.17, 15) is 13.2 Å². The van der Waals surface area contributed by atoms with Crippen molar-refractivity contribution >= 4 is 27.3 Å². The number of nitrogens with one attached hydrogen (secondary N) is 1. The molecule has 132 valence electrons. The first-order valence-corrected chi connectivity index (χ1v) is 10.1. The number of rotatable bonds is 5. The van der Waals surface area contributed by atoms with E-state index < -0.39 is 10.0 Å². The van der Waals surface area contributed by atoms with E-state index in [1.165, 1.54) is 10.6 Å². The number of hydrogen-bond donors (Lipinski definition) is 1. The molecule has 0 spiro atoms. The summed E-state index contributed by atoms with van der Waals surface area (Å²) < 4.78 is 25.0. The Balaban J connectivity index is 1.67. The predicted molar refractivity (Wildman–Crippen MR) is 100 cm³/mol. The molecule has 0 saturated heterocycles. The molecule has 2 aromatic rings. The highest BCUT2D eigenvalue weighted by Gasteiger charge is 2.26. The Bertz CT molecular complexity index is 879. The molecule has 1 N–H and O–H groups in total. The number of fused-ring (bicyclic) bond motifs is 1. The van der Waals surface area contributed by atoms with Crippen LogP contribution >= 0.6 is 0 Å². The van der Waals surface area contributed by atoms with E-state index in [0.29, 0.717) is 30.8 Å². The van der Waals surface area contributed by atoms with Crippen molar-refractivity contribution in [1.29, 1.82) is 0 Å². The maximum atomic E-state index is 12.3. The molecule has 0 bridgehead atoms. The maximum Gasteiger partial charge on any atom is 0.232 e. The van der Waals surface area contributed by atoms with Gasteiger partial charge in [-0.05, 0) is 41.7 Å². The molecule has 1 aliphatic heterocycles. The molecule has 1 amide bonds. The third kappa shape index (κ3) is 4.02. The van der Waals surface area contributed by atoms with Crippen LogP contribution in [0.1, 0.15) is 30.4 Å². The van der Waals surface area contributed by atoms with Gasteiger partial charge in [0.15, 0.2) is 0 Å². The summed E-state index contributed by atoms with van der Waals surface area (Å²) in [6.07, 6.45) is 2.27. The lowest BCUT2D eigenvalue weighted by Crippen LogP contribution is -2.27. The lowest BCUT2D eigenvalue weighted by molar-refractivity contribution is -0.116. The van der Waals surface area contributed by atoms with Crippen LogP contribution < -0.4 is 9.62 Å². The van der Waals surface area contributed by atoms with Crippen molar-refractivity contribution in [2.45, 2.75) is 25.7 Å². The van der Waals surface area contributed by atoms with Crippen molar-refractivity contribution in [3.05, 3.63) is 59.7 Å². The molecular weight excluding hydrogens is 336 g/mol. The zero-order valence-electron chi connectivity index (χ0n) is 14.4. The number of sulfonamides is 1. The topological polar surface area (TPSA) is 66.5 Å². The van der Waals surface area contributed by atoms with Gasteiger partial charge in [-0.3, -0.25) is 9.10 Å². The van der Waals surface area contributed by atoms with Crippen LogP contribution in [0.25, 0.3) is 0 Å². The largest absolute Gasteiger partial charge is 0.326 e. The van der Waals surface area contributed by atoms with Crippen LogP contribution in [-0.4, -0.2) is 27.1 Å². The molecule has 3 rings (SSSR count). The maximum absolute atomic E-state index is 12.3. The minimum Gasteiger partial charge on any atom is -0.326 e. The smallest absolute Gasteiger partial charge is 0.232 e. The summed E-state index contributed by atoms with van der Waals surface area (Å²) >= 11 is 0. The molecule has 0 radical (unpaired) electrons. The molecule has 0 aromatic heterocycles. The molecule has 1 aliphatic rings. The molecule has 1 atom stereocenters. The van der Waals surface area contributed by atoms with Gasteiger partial charge < -0.3 is 5.32 Å². The molecule has 0 saturated carbocycles. The summed E-state index contributed by atoms with van der Waals surface area (Å²) in [4.78, 5) is 12.3. The molecule has 0 aliphatic carbocycles. The van der Waals surface area contributed by atoms with Crippen LogP contribution in [0.3, 0.4) is 0 Å². The van der Waals surface area contributed by atoms with Crippen molar-refractivity contribution in [3.63, 3.8) is 0 Å². The van der Waals surface area contributed by atoms with Gasteiger partial charge in [0.2, 0.25) is 15.9 Å². The molecular formula is C19H22N2O3S. The number of amides is 1. The van der Waals surface area contributed by atoms with Gasteiger partial charge in [0.1, 0.15) is 0 Å². The molecule has 1 unspecified atom stereocenters. The van der Waals surface area contributed by atoms with E-state index in [4.69, 9.17) is 0 Å². The number of benzene rings is 2. The molecule has 0 fully saturated rings. The summed E-state index contributed by atoms with van der Waals surface area (Å²) in [5.74, 6) is 0.0885. The fourth-order valence-corrected chi connectivity index (χ4v) is 4.14. The van der Waals surface area contributed by atoms with Gasteiger partial charge in [-0.2, -0.15) is 0 Å². The van der Waals surface area contributed by atoms with E-state index in [1.54, 1.807) is 12.1 Å². The van der Waals surface area contributed by atoms with Crippen LogP contribution in [0, 0.1) is 0 Å². The minimum absolute atomic E-state index is 0.0470. The van der Waals surface area contributed by atoms with Crippen LogP contribution in [0.4, 0.5) is 11.4 Å². The lowest BCUT2D eigenvalue weighted by atomic mass is 9.97. The Morgan fingerprint density at radius 3 is 2.60 bits per heavy atom. The second-order valence-electron chi connectivity index (χ2n) is 6.49. The Morgan fingerprint density at radius 2 is 1.92 bits per heavy atom. The molecule has 1 heterocycles. The van der Waals surface area contributed by atoms with Gasteiger partial charge >= 0.3 is 0 Å². The van der Waals surface area contributed by atoms with E-state index in [-0.39, 0.29) is 11.8 Å². The zero-order chi connectivity index (χ0) is 18.0. The first-order chi connectivity index (χ1) is 11.8. The van der Waals surface area contributed by atoms with E-state index in [1.807, 2.05) is 43.3 Å². The third-order valence-corrected chi connectivity index (χ3v) is 5.66. The van der Waals surface area contributed by atoms with Gasteiger partial charge in [0.25, 0.3) is 0 Å².